The topological polar surface area (TPSA) is 321 Å². The van der Waals surface area contributed by atoms with Crippen LogP contribution in [-0.4, -0.2) is 186 Å². The number of carboxylic acid groups (broad SMARTS) is 1. The Kier molecular flexibility index (Phi) is 13.6. The van der Waals surface area contributed by atoms with Crippen LogP contribution in [-0.2, 0) is 33.2 Å². The molecule has 0 spiro atoms. The standard InChI is InChI=1S/C25H45NO18/c1-2-3-4-39-22-19(36)17(34)20(11(7-28)41-22)43-23-18(35)16(33)15(32)12(42-23)8-40-25(24(37)38)5-9(29)13(26)21(44-25)14(31)10(30)6-27/h9-23,27-36H,2-8,26H2,1H3,(H,37,38)/t9-,10-,11?,12?,13-,14-,15+,16?,17?,18+,19+,20-,21?,22-,23+,25-/m1/s1. The minimum atomic E-state index is -2.73. The van der Waals surface area contributed by atoms with E-state index in [0.717, 1.165) is 6.42 Å². The summed E-state index contributed by atoms with van der Waals surface area (Å²) < 4.78 is 32.9. The molecule has 0 aromatic rings. The molecule has 44 heavy (non-hydrogen) atoms. The maximum Gasteiger partial charge on any atom is 0.364 e. The molecule has 0 radical (unpaired) electrons. The minimum absolute atomic E-state index is 0.192. The number of hydrogen-bond acceptors (Lipinski definition) is 18. The first-order valence-corrected chi connectivity index (χ1v) is 14.3. The molecule has 3 rings (SSSR count). The molecule has 0 aromatic heterocycles. The molecule has 19 nitrogen and oxygen atoms in total. The normalized spacial score (nSPS) is 44.7. The second-order valence-corrected chi connectivity index (χ2v) is 11.1. The predicted octanol–water partition coefficient (Wildman–Crippen LogP) is -6.58. The van der Waals surface area contributed by atoms with Gasteiger partial charge in [0, 0.05) is 13.0 Å². The van der Waals surface area contributed by atoms with Crippen molar-refractivity contribution in [2.45, 2.75) is 124 Å². The Balaban J connectivity index is 1.75. The third-order valence-electron chi connectivity index (χ3n) is 7.91. The van der Waals surface area contributed by atoms with E-state index in [1.54, 1.807) is 0 Å². The summed E-state index contributed by atoms with van der Waals surface area (Å²) in [5.41, 5.74) is 5.83. The number of hydrogen-bond donors (Lipinski definition) is 12. The molecule has 0 bridgehead atoms. The first-order valence-electron chi connectivity index (χ1n) is 14.3. The molecule has 0 aliphatic carbocycles. The van der Waals surface area contributed by atoms with Gasteiger partial charge in [-0.3, -0.25) is 0 Å². The lowest BCUT2D eigenvalue weighted by Crippen LogP contribution is -2.67. The Hall–Kier alpha value is -1.21. The molecule has 3 saturated heterocycles. The van der Waals surface area contributed by atoms with E-state index in [1.165, 1.54) is 0 Å². The van der Waals surface area contributed by atoms with E-state index < -0.39 is 130 Å². The Morgan fingerprint density at radius 3 is 2.18 bits per heavy atom. The van der Waals surface area contributed by atoms with Crippen LogP contribution in [0.2, 0.25) is 0 Å². The molecule has 3 aliphatic rings. The minimum Gasteiger partial charge on any atom is -0.477 e. The Bertz CT molecular complexity index is 901. The zero-order valence-electron chi connectivity index (χ0n) is 24.0. The van der Waals surface area contributed by atoms with Gasteiger partial charge >= 0.3 is 5.97 Å². The van der Waals surface area contributed by atoms with Gasteiger partial charge < -0.3 is 90.3 Å². The molecule has 13 N–H and O–H groups in total. The van der Waals surface area contributed by atoms with Crippen LogP contribution in [0.3, 0.4) is 0 Å². The summed E-state index contributed by atoms with van der Waals surface area (Å²) in [5.74, 6) is -4.54. The Morgan fingerprint density at radius 2 is 1.59 bits per heavy atom. The van der Waals surface area contributed by atoms with Crippen LogP contribution >= 0.6 is 0 Å². The number of ether oxygens (including phenoxy) is 6. The highest BCUT2D eigenvalue weighted by Crippen LogP contribution is 2.35. The van der Waals surface area contributed by atoms with Gasteiger partial charge in [0.25, 0.3) is 5.79 Å². The van der Waals surface area contributed by atoms with Gasteiger partial charge in [0.05, 0.1) is 32.0 Å². The highest BCUT2D eigenvalue weighted by atomic mass is 16.8. The number of nitrogens with two attached hydrogens (primary N) is 1. The number of carboxylic acids is 1. The molecule has 3 aliphatic heterocycles. The van der Waals surface area contributed by atoms with E-state index in [2.05, 4.69) is 0 Å². The summed E-state index contributed by atoms with van der Waals surface area (Å²) in [6.45, 7) is -0.478. The van der Waals surface area contributed by atoms with Crippen molar-refractivity contribution in [3.63, 3.8) is 0 Å². The highest BCUT2D eigenvalue weighted by molar-refractivity contribution is 5.76. The molecule has 3 heterocycles. The fourth-order valence-electron chi connectivity index (χ4n) is 5.13. The average Bonchev–Trinajstić information content (AvgIpc) is 3.00. The molecular weight excluding hydrogens is 602 g/mol. The number of aliphatic hydroxyl groups excluding tert-OH is 10. The number of aliphatic hydroxyl groups is 10. The number of rotatable bonds is 14. The second-order valence-electron chi connectivity index (χ2n) is 11.1. The van der Waals surface area contributed by atoms with Crippen molar-refractivity contribution in [3.05, 3.63) is 0 Å². The lowest BCUT2D eigenvalue weighted by molar-refractivity contribution is -0.367. The smallest absolute Gasteiger partial charge is 0.364 e. The summed E-state index contributed by atoms with van der Waals surface area (Å²) in [6.07, 6.45) is -23.5. The Morgan fingerprint density at radius 1 is 0.955 bits per heavy atom. The van der Waals surface area contributed by atoms with Crippen molar-refractivity contribution < 1.29 is 89.4 Å². The third-order valence-corrected chi connectivity index (χ3v) is 7.91. The van der Waals surface area contributed by atoms with Gasteiger partial charge in [-0.25, -0.2) is 4.79 Å². The largest absolute Gasteiger partial charge is 0.477 e. The lowest BCUT2D eigenvalue weighted by Gasteiger charge is -2.47. The first kappa shape index (κ1) is 37.2. The maximum absolute atomic E-state index is 12.3. The molecule has 19 heteroatoms. The average molecular weight is 648 g/mol. The summed E-state index contributed by atoms with van der Waals surface area (Å²) >= 11 is 0. The second kappa shape index (κ2) is 16.1. The van der Waals surface area contributed by atoms with E-state index >= 15 is 0 Å². The molecular formula is C25H45NO18. The molecule has 3 fully saturated rings. The van der Waals surface area contributed by atoms with Gasteiger partial charge in [-0.2, -0.15) is 0 Å². The Labute approximate surface area is 251 Å². The highest BCUT2D eigenvalue weighted by Gasteiger charge is 2.56. The van der Waals surface area contributed by atoms with Crippen LogP contribution in [0.25, 0.3) is 0 Å². The lowest BCUT2D eigenvalue weighted by atomic mass is 9.89. The van der Waals surface area contributed by atoms with Crippen LogP contribution in [0.5, 0.6) is 0 Å². The van der Waals surface area contributed by atoms with Crippen LogP contribution in [0.1, 0.15) is 26.2 Å². The monoisotopic (exact) mass is 647 g/mol. The number of aliphatic carboxylic acids is 1. The van der Waals surface area contributed by atoms with Crippen molar-refractivity contribution in [1.29, 1.82) is 0 Å². The third kappa shape index (κ3) is 8.01. The summed E-state index contributed by atoms with van der Waals surface area (Å²) in [7, 11) is 0. The maximum atomic E-state index is 12.3. The van der Waals surface area contributed by atoms with E-state index in [9.17, 15) is 55.9 Å². The molecule has 5 unspecified atom stereocenters. The van der Waals surface area contributed by atoms with Crippen molar-refractivity contribution in [2.75, 3.05) is 26.4 Å². The number of carbonyl (C=O) groups is 1. The zero-order valence-corrected chi connectivity index (χ0v) is 24.0. The van der Waals surface area contributed by atoms with E-state index in [-0.39, 0.29) is 6.61 Å². The quantitative estimate of drug-likeness (QED) is 0.0779. The van der Waals surface area contributed by atoms with Crippen LogP contribution < -0.4 is 5.73 Å². The molecule has 16 atom stereocenters. The summed E-state index contributed by atoms with van der Waals surface area (Å²) in [4.78, 5) is 12.3. The summed E-state index contributed by atoms with van der Waals surface area (Å²) in [5, 5.41) is 112. The van der Waals surface area contributed by atoms with Gasteiger partial charge in [-0.15, -0.1) is 0 Å². The van der Waals surface area contributed by atoms with Crippen molar-refractivity contribution in [2.24, 2.45) is 5.73 Å². The fourth-order valence-corrected chi connectivity index (χ4v) is 5.13. The van der Waals surface area contributed by atoms with E-state index in [0.29, 0.717) is 6.42 Å². The van der Waals surface area contributed by atoms with Gasteiger partial charge in [0.2, 0.25) is 0 Å². The zero-order chi connectivity index (χ0) is 32.9. The molecule has 0 saturated carbocycles. The van der Waals surface area contributed by atoms with E-state index in [4.69, 9.17) is 39.3 Å². The predicted molar refractivity (Wildman–Crippen MR) is 139 cm³/mol. The molecule has 0 amide bonds. The van der Waals surface area contributed by atoms with Gasteiger partial charge in [0.1, 0.15) is 67.1 Å². The van der Waals surface area contributed by atoms with Crippen LogP contribution in [0, 0.1) is 0 Å². The van der Waals surface area contributed by atoms with Gasteiger partial charge in [0.15, 0.2) is 12.6 Å². The number of unbranched alkanes of at least 4 members (excludes halogenated alkanes) is 1. The first-order chi connectivity index (χ1) is 20.7. The van der Waals surface area contributed by atoms with Crippen molar-refractivity contribution >= 4 is 5.97 Å². The summed E-state index contributed by atoms with van der Waals surface area (Å²) in [6, 6.07) is -1.41. The van der Waals surface area contributed by atoms with Crippen molar-refractivity contribution in [1.82, 2.24) is 0 Å². The van der Waals surface area contributed by atoms with E-state index in [1.807, 2.05) is 6.92 Å². The molecule has 0 aromatic carbocycles. The SMILES string of the molecule is CCCCO[C@@H]1OC(CO)[C@@H](O[C@@H]2OC(CO[C@]3(C(=O)O)C[C@@H](O)[C@@H](N)C([C@H](O)[C@H](O)CO)O3)[C@H](O)C(O)[C@@H]2O)C(O)[C@@H]1O. The molecule has 258 valence electrons. The van der Waals surface area contributed by atoms with Gasteiger partial charge in [-0.1, -0.05) is 13.3 Å². The fraction of sp³-hybridized carbons (Fsp3) is 0.960. The van der Waals surface area contributed by atoms with Crippen LogP contribution in [0.15, 0.2) is 0 Å². The van der Waals surface area contributed by atoms with Crippen LogP contribution in [0.4, 0.5) is 0 Å². The van der Waals surface area contributed by atoms with Crippen molar-refractivity contribution in [3.8, 4) is 0 Å². The van der Waals surface area contributed by atoms with Gasteiger partial charge in [-0.05, 0) is 6.42 Å².